The predicted molar refractivity (Wildman–Crippen MR) is 67.1 cm³/mol. The molecular weight excluding hydrogens is 218 g/mol. The van der Waals surface area contributed by atoms with E-state index < -0.39 is 11.5 Å². The first-order valence-electron chi connectivity index (χ1n) is 6.60. The minimum atomic E-state index is -0.840. The summed E-state index contributed by atoms with van der Waals surface area (Å²) < 4.78 is 5.63. The van der Waals surface area contributed by atoms with Gasteiger partial charge >= 0.3 is 5.97 Å². The van der Waals surface area contributed by atoms with Crippen LogP contribution in [0.5, 0.6) is 0 Å². The molecule has 1 saturated carbocycles. The van der Waals surface area contributed by atoms with Crippen LogP contribution in [-0.2, 0) is 9.53 Å². The van der Waals surface area contributed by atoms with Crippen LogP contribution in [0.3, 0.4) is 0 Å². The van der Waals surface area contributed by atoms with Crippen molar-refractivity contribution in [1.82, 2.24) is 5.32 Å². The summed E-state index contributed by atoms with van der Waals surface area (Å²) >= 11 is 0. The second-order valence-electron chi connectivity index (χ2n) is 5.28. The van der Waals surface area contributed by atoms with E-state index >= 15 is 0 Å². The maximum atomic E-state index is 11.3. The number of carboxylic acid groups (broad SMARTS) is 1. The molecule has 0 amide bonds. The van der Waals surface area contributed by atoms with E-state index in [0.29, 0.717) is 19.1 Å². The van der Waals surface area contributed by atoms with Gasteiger partial charge in [-0.1, -0.05) is 13.3 Å². The molecule has 100 valence electrons. The van der Waals surface area contributed by atoms with Crippen molar-refractivity contribution in [1.29, 1.82) is 0 Å². The van der Waals surface area contributed by atoms with Crippen molar-refractivity contribution in [3.05, 3.63) is 0 Å². The molecule has 0 saturated heterocycles. The van der Waals surface area contributed by atoms with Gasteiger partial charge in [-0.3, -0.25) is 10.1 Å². The molecule has 0 aliphatic heterocycles. The van der Waals surface area contributed by atoms with E-state index in [1.807, 2.05) is 6.92 Å². The van der Waals surface area contributed by atoms with Gasteiger partial charge in [0, 0.05) is 12.6 Å². The van der Waals surface area contributed by atoms with Crippen molar-refractivity contribution in [2.24, 2.45) is 0 Å². The van der Waals surface area contributed by atoms with Gasteiger partial charge in [-0.25, -0.2) is 0 Å². The summed E-state index contributed by atoms with van der Waals surface area (Å²) in [4.78, 5) is 11.3. The van der Waals surface area contributed by atoms with Crippen molar-refractivity contribution in [3.8, 4) is 0 Å². The summed E-state index contributed by atoms with van der Waals surface area (Å²) in [5.41, 5.74) is -0.840. The molecule has 4 heteroatoms. The Kier molecular flexibility index (Phi) is 5.40. The molecule has 0 aromatic carbocycles. The predicted octanol–water partition coefficient (Wildman–Crippen LogP) is 2.18. The second kappa shape index (κ2) is 6.36. The molecule has 2 unspecified atom stereocenters. The Bertz CT molecular complexity index is 253. The lowest BCUT2D eigenvalue weighted by Crippen LogP contribution is -2.51. The second-order valence-corrected chi connectivity index (χ2v) is 5.28. The quantitative estimate of drug-likeness (QED) is 0.651. The molecule has 0 aromatic rings. The zero-order valence-corrected chi connectivity index (χ0v) is 11.2. The van der Waals surface area contributed by atoms with Crippen LogP contribution in [0.25, 0.3) is 0 Å². The first kappa shape index (κ1) is 14.5. The third-order valence-corrected chi connectivity index (χ3v) is 3.27. The summed E-state index contributed by atoms with van der Waals surface area (Å²) in [5, 5.41) is 12.5. The summed E-state index contributed by atoms with van der Waals surface area (Å²) in [7, 11) is 0. The maximum absolute atomic E-state index is 11.3. The van der Waals surface area contributed by atoms with E-state index in [0.717, 1.165) is 25.7 Å². The van der Waals surface area contributed by atoms with Gasteiger partial charge in [0.2, 0.25) is 0 Å². The molecule has 2 atom stereocenters. The maximum Gasteiger partial charge on any atom is 0.323 e. The van der Waals surface area contributed by atoms with E-state index in [9.17, 15) is 9.90 Å². The van der Waals surface area contributed by atoms with Gasteiger partial charge in [0.05, 0.1) is 6.10 Å². The molecule has 17 heavy (non-hydrogen) atoms. The normalized spacial score (nSPS) is 20.9. The van der Waals surface area contributed by atoms with Gasteiger partial charge in [0.1, 0.15) is 5.54 Å². The van der Waals surface area contributed by atoms with Crippen molar-refractivity contribution < 1.29 is 14.6 Å². The smallest absolute Gasteiger partial charge is 0.323 e. The van der Waals surface area contributed by atoms with Crippen LogP contribution in [0, 0.1) is 0 Å². The fourth-order valence-corrected chi connectivity index (χ4v) is 1.87. The highest BCUT2D eigenvalue weighted by molar-refractivity contribution is 5.78. The topological polar surface area (TPSA) is 58.6 Å². The number of ether oxygens (including phenoxy) is 1. The number of nitrogens with one attached hydrogen (secondary N) is 1. The summed E-state index contributed by atoms with van der Waals surface area (Å²) in [5.74, 6) is -0.781. The van der Waals surface area contributed by atoms with Crippen LogP contribution in [0.4, 0.5) is 0 Å². The van der Waals surface area contributed by atoms with Crippen LogP contribution < -0.4 is 5.32 Å². The summed E-state index contributed by atoms with van der Waals surface area (Å²) in [6, 6.07) is 0.393. The van der Waals surface area contributed by atoms with Gasteiger partial charge < -0.3 is 9.84 Å². The Labute approximate surface area is 104 Å². The number of hydrogen-bond acceptors (Lipinski definition) is 3. The average Bonchev–Trinajstić information content (AvgIpc) is 3.01. The third kappa shape index (κ3) is 5.04. The average molecular weight is 243 g/mol. The number of carbonyl (C=O) groups is 1. The minimum Gasteiger partial charge on any atom is -0.480 e. The van der Waals surface area contributed by atoms with E-state index in [1.165, 1.54) is 0 Å². The molecule has 0 radical (unpaired) electrons. The Morgan fingerprint density at radius 3 is 2.71 bits per heavy atom. The highest BCUT2D eigenvalue weighted by atomic mass is 16.5. The Morgan fingerprint density at radius 1 is 1.59 bits per heavy atom. The molecule has 0 heterocycles. The summed E-state index contributed by atoms with van der Waals surface area (Å²) in [6.07, 6.45) is 5.05. The van der Waals surface area contributed by atoms with Crippen LogP contribution in [0.2, 0.25) is 0 Å². The fraction of sp³-hybridized carbons (Fsp3) is 0.923. The van der Waals surface area contributed by atoms with Gasteiger partial charge in [-0.2, -0.15) is 0 Å². The zero-order valence-electron chi connectivity index (χ0n) is 11.2. The minimum absolute atomic E-state index is 0.221. The third-order valence-electron chi connectivity index (χ3n) is 3.27. The summed E-state index contributed by atoms with van der Waals surface area (Å²) in [6.45, 7) is 6.41. The van der Waals surface area contributed by atoms with Gasteiger partial charge in [-0.15, -0.1) is 0 Å². The van der Waals surface area contributed by atoms with E-state index in [2.05, 4.69) is 12.2 Å². The largest absolute Gasteiger partial charge is 0.480 e. The first-order valence-corrected chi connectivity index (χ1v) is 6.60. The Balaban J connectivity index is 2.30. The van der Waals surface area contributed by atoms with Crippen LogP contribution >= 0.6 is 0 Å². The zero-order chi connectivity index (χ0) is 12.9. The van der Waals surface area contributed by atoms with Crippen LogP contribution in [0.1, 0.15) is 52.9 Å². The van der Waals surface area contributed by atoms with Gasteiger partial charge in [-0.05, 0) is 39.5 Å². The molecule has 2 N–H and O–H groups in total. The SMILES string of the molecule is CCCC(C)OCCC(C)(NC1CC1)C(=O)O. The molecule has 4 nitrogen and oxygen atoms in total. The lowest BCUT2D eigenvalue weighted by Gasteiger charge is -2.27. The van der Waals surface area contributed by atoms with Crippen molar-refractivity contribution in [2.45, 2.75) is 70.6 Å². The highest BCUT2D eigenvalue weighted by Gasteiger charge is 2.38. The monoisotopic (exact) mass is 243 g/mol. The lowest BCUT2D eigenvalue weighted by molar-refractivity contribution is -0.145. The molecule has 1 aliphatic carbocycles. The van der Waals surface area contributed by atoms with Crippen molar-refractivity contribution in [2.75, 3.05) is 6.61 Å². The van der Waals surface area contributed by atoms with E-state index in [4.69, 9.17) is 4.74 Å². The molecule has 0 aromatic heterocycles. The number of hydrogen-bond donors (Lipinski definition) is 2. The molecule has 0 bridgehead atoms. The van der Waals surface area contributed by atoms with Gasteiger partial charge in [0.15, 0.2) is 0 Å². The van der Waals surface area contributed by atoms with Crippen molar-refractivity contribution >= 4 is 5.97 Å². The Morgan fingerprint density at radius 2 is 2.24 bits per heavy atom. The number of aliphatic carboxylic acids is 1. The van der Waals surface area contributed by atoms with Crippen molar-refractivity contribution in [3.63, 3.8) is 0 Å². The van der Waals surface area contributed by atoms with Crippen LogP contribution in [-0.4, -0.2) is 35.4 Å². The van der Waals surface area contributed by atoms with E-state index in [1.54, 1.807) is 6.92 Å². The number of carboxylic acids is 1. The van der Waals surface area contributed by atoms with Crippen LogP contribution in [0.15, 0.2) is 0 Å². The highest BCUT2D eigenvalue weighted by Crippen LogP contribution is 2.24. The Hall–Kier alpha value is -0.610. The first-order chi connectivity index (χ1) is 7.98. The molecule has 1 fully saturated rings. The lowest BCUT2D eigenvalue weighted by atomic mass is 9.98. The van der Waals surface area contributed by atoms with Gasteiger partial charge in [0.25, 0.3) is 0 Å². The van der Waals surface area contributed by atoms with E-state index in [-0.39, 0.29) is 6.10 Å². The molecular formula is C13H25NO3. The fourth-order valence-electron chi connectivity index (χ4n) is 1.87. The standard InChI is InChI=1S/C13H25NO3/c1-4-5-10(2)17-9-8-13(3,12(15)16)14-11-6-7-11/h10-11,14H,4-9H2,1-3H3,(H,15,16). The molecule has 1 aliphatic rings. The molecule has 0 spiro atoms. The molecule has 1 rings (SSSR count). The number of rotatable bonds is 9.